The number of amides is 1. The summed E-state index contributed by atoms with van der Waals surface area (Å²) in [7, 11) is 1.61. The van der Waals surface area contributed by atoms with Crippen LogP contribution in [0.5, 0.6) is 0 Å². The number of carbonyl (C=O) groups is 2. The highest BCUT2D eigenvalue weighted by molar-refractivity contribution is 5.84. The van der Waals surface area contributed by atoms with Crippen molar-refractivity contribution >= 4 is 23.3 Å². The van der Waals surface area contributed by atoms with Gasteiger partial charge in [-0.05, 0) is 12.0 Å². The number of anilines is 1. The first-order valence-electron chi connectivity index (χ1n) is 7.26. The van der Waals surface area contributed by atoms with E-state index in [9.17, 15) is 19.7 Å². The number of hydrogen-bond acceptors (Lipinski definition) is 5. The zero-order valence-electron chi connectivity index (χ0n) is 13.0. The average molecular weight is 321 g/mol. The smallest absolute Gasteiger partial charge is 0.308 e. The van der Waals surface area contributed by atoms with E-state index in [4.69, 9.17) is 5.11 Å². The van der Waals surface area contributed by atoms with Gasteiger partial charge in [-0.1, -0.05) is 19.1 Å². The number of likely N-dealkylation sites (tertiary alicyclic amines) is 1. The van der Waals surface area contributed by atoms with E-state index in [0.717, 1.165) is 0 Å². The van der Waals surface area contributed by atoms with Crippen molar-refractivity contribution in [3.05, 3.63) is 34.4 Å². The molecule has 8 heteroatoms. The zero-order valence-corrected chi connectivity index (χ0v) is 13.0. The molecule has 0 aromatic heterocycles. The molecule has 1 N–H and O–H groups in total. The van der Waals surface area contributed by atoms with Crippen LogP contribution in [0.15, 0.2) is 24.3 Å². The lowest BCUT2D eigenvalue weighted by Crippen LogP contribution is -2.38. The van der Waals surface area contributed by atoms with Crippen molar-refractivity contribution < 1.29 is 19.6 Å². The third kappa shape index (κ3) is 3.58. The molecule has 124 valence electrons. The predicted molar refractivity (Wildman–Crippen MR) is 83.2 cm³/mol. The Morgan fingerprint density at radius 3 is 2.61 bits per heavy atom. The van der Waals surface area contributed by atoms with Gasteiger partial charge in [-0.3, -0.25) is 19.7 Å². The molecular formula is C15H19N3O5. The molecule has 0 aliphatic carbocycles. The first-order chi connectivity index (χ1) is 10.8. The Morgan fingerprint density at radius 1 is 1.39 bits per heavy atom. The largest absolute Gasteiger partial charge is 0.481 e. The molecule has 1 fully saturated rings. The zero-order chi connectivity index (χ0) is 17.1. The minimum Gasteiger partial charge on any atom is -0.481 e. The third-order valence-corrected chi connectivity index (χ3v) is 4.14. The van der Waals surface area contributed by atoms with Gasteiger partial charge in [0.2, 0.25) is 5.91 Å². The summed E-state index contributed by atoms with van der Waals surface area (Å²) in [5.74, 6) is -1.80. The Kier molecular flexibility index (Phi) is 4.83. The van der Waals surface area contributed by atoms with E-state index in [2.05, 4.69) is 0 Å². The number of nitrogens with zero attached hydrogens (tertiary/aromatic N) is 3. The van der Waals surface area contributed by atoms with Gasteiger partial charge < -0.3 is 14.9 Å². The summed E-state index contributed by atoms with van der Waals surface area (Å²) >= 11 is 0. The van der Waals surface area contributed by atoms with Crippen molar-refractivity contribution in [1.82, 2.24) is 4.90 Å². The van der Waals surface area contributed by atoms with Crippen molar-refractivity contribution in [1.29, 1.82) is 0 Å². The second-order valence-corrected chi connectivity index (χ2v) is 5.82. The predicted octanol–water partition coefficient (Wildman–Crippen LogP) is 1.21. The quantitative estimate of drug-likeness (QED) is 0.646. The molecule has 23 heavy (non-hydrogen) atoms. The number of hydrogen-bond donors (Lipinski definition) is 1. The lowest BCUT2D eigenvalue weighted by Gasteiger charge is -2.22. The second kappa shape index (κ2) is 6.64. The highest BCUT2D eigenvalue weighted by Gasteiger charge is 2.37. The Bertz CT molecular complexity index is 633. The minimum absolute atomic E-state index is 0.0378. The van der Waals surface area contributed by atoms with E-state index in [1.807, 2.05) is 0 Å². The molecule has 0 radical (unpaired) electrons. The van der Waals surface area contributed by atoms with Crippen molar-refractivity contribution in [3.63, 3.8) is 0 Å². The lowest BCUT2D eigenvalue weighted by atomic mass is 9.99. The average Bonchev–Trinajstić information content (AvgIpc) is 2.89. The van der Waals surface area contributed by atoms with Crippen LogP contribution in [0.2, 0.25) is 0 Å². The van der Waals surface area contributed by atoms with Gasteiger partial charge >= 0.3 is 5.97 Å². The van der Waals surface area contributed by atoms with E-state index in [0.29, 0.717) is 12.2 Å². The Morgan fingerprint density at radius 2 is 2.04 bits per heavy atom. The van der Waals surface area contributed by atoms with Crippen LogP contribution < -0.4 is 4.90 Å². The van der Waals surface area contributed by atoms with Gasteiger partial charge in [-0.15, -0.1) is 0 Å². The molecule has 2 atom stereocenters. The second-order valence-electron chi connectivity index (χ2n) is 5.82. The van der Waals surface area contributed by atoms with Gasteiger partial charge in [-0.2, -0.15) is 0 Å². The fourth-order valence-corrected chi connectivity index (χ4v) is 2.82. The summed E-state index contributed by atoms with van der Waals surface area (Å²) in [4.78, 5) is 37.0. The maximum absolute atomic E-state index is 12.3. The number of likely N-dealkylation sites (N-methyl/N-ethyl adjacent to an activating group) is 1. The topological polar surface area (TPSA) is 104 Å². The Labute approximate surface area is 133 Å². The molecule has 1 amide bonds. The van der Waals surface area contributed by atoms with Crippen LogP contribution in [0.25, 0.3) is 0 Å². The number of carbonyl (C=O) groups excluding carboxylic acids is 1. The maximum atomic E-state index is 12.3. The van der Waals surface area contributed by atoms with Crippen molar-refractivity contribution in [2.24, 2.45) is 11.8 Å². The van der Waals surface area contributed by atoms with Crippen LogP contribution in [0, 0.1) is 22.0 Å². The fraction of sp³-hybridized carbons (Fsp3) is 0.467. The highest BCUT2D eigenvalue weighted by atomic mass is 16.6. The molecule has 1 aliphatic heterocycles. The van der Waals surface area contributed by atoms with Crippen LogP contribution in [-0.4, -0.2) is 53.5 Å². The number of carboxylic acid groups (broad SMARTS) is 1. The van der Waals surface area contributed by atoms with Gasteiger partial charge in [0, 0.05) is 26.2 Å². The van der Waals surface area contributed by atoms with Gasteiger partial charge in [-0.25, -0.2) is 0 Å². The molecule has 1 saturated heterocycles. The van der Waals surface area contributed by atoms with Gasteiger partial charge in [0.05, 0.1) is 17.4 Å². The summed E-state index contributed by atoms with van der Waals surface area (Å²) in [5.41, 5.74) is 0.286. The molecule has 8 nitrogen and oxygen atoms in total. The monoisotopic (exact) mass is 321 g/mol. The van der Waals surface area contributed by atoms with Crippen LogP contribution in [0.1, 0.15) is 6.92 Å². The number of carboxylic acids is 1. The van der Waals surface area contributed by atoms with Crippen LogP contribution >= 0.6 is 0 Å². The highest BCUT2D eigenvalue weighted by Crippen LogP contribution is 2.27. The van der Waals surface area contributed by atoms with Crippen LogP contribution in [-0.2, 0) is 9.59 Å². The maximum Gasteiger partial charge on any atom is 0.308 e. The van der Waals surface area contributed by atoms with Gasteiger partial charge in [0.1, 0.15) is 5.69 Å². The molecule has 1 aliphatic rings. The molecule has 0 saturated carbocycles. The summed E-state index contributed by atoms with van der Waals surface area (Å²) in [6, 6.07) is 6.20. The normalized spacial score (nSPS) is 20.3. The van der Waals surface area contributed by atoms with E-state index in [1.165, 1.54) is 15.9 Å². The van der Waals surface area contributed by atoms with E-state index >= 15 is 0 Å². The molecular weight excluding hydrogens is 302 g/mol. The third-order valence-electron chi connectivity index (χ3n) is 4.14. The number of para-hydroxylation sites is 2. The number of aliphatic carboxylic acids is 1. The van der Waals surface area contributed by atoms with Crippen molar-refractivity contribution in [2.75, 3.05) is 31.6 Å². The summed E-state index contributed by atoms with van der Waals surface area (Å²) in [5, 5.41) is 20.2. The molecule has 0 bridgehead atoms. The molecule has 1 aromatic rings. The molecule has 2 rings (SSSR count). The van der Waals surface area contributed by atoms with Crippen molar-refractivity contribution in [3.8, 4) is 0 Å². The fourth-order valence-electron chi connectivity index (χ4n) is 2.82. The molecule has 1 aromatic carbocycles. The Balaban J connectivity index is 2.07. The molecule has 0 spiro atoms. The number of nitro benzene ring substituents is 1. The van der Waals surface area contributed by atoms with E-state index in [-0.39, 0.29) is 30.6 Å². The van der Waals surface area contributed by atoms with E-state index in [1.54, 1.807) is 32.2 Å². The first-order valence-corrected chi connectivity index (χ1v) is 7.26. The Hall–Kier alpha value is -2.64. The van der Waals surface area contributed by atoms with E-state index < -0.39 is 16.8 Å². The van der Waals surface area contributed by atoms with Crippen LogP contribution in [0.3, 0.4) is 0 Å². The minimum atomic E-state index is -0.903. The number of rotatable bonds is 5. The van der Waals surface area contributed by atoms with Gasteiger partial charge in [0.25, 0.3) is 5.69 Å². The molecule has 1 heterocycles. The summed E-state index contributed by atoms with van der Waals surface area (Å²) in [6.45, 7) is 2.34. The van der Waals surface area contributed by atoms with Crippen LogP contribution in [0.4, 0.5) is 11.4 Å². The molecule has 0 unspecified atom stereocenters. The SMILES string of the molecule is C[C@@H]1CN(C(=O)CN(C)c2ccccc2[N+](=O)[O-])C[C@H]1C(=O)O. The number of benzene rings is 1. The lowest BCUT2D eigenvalue weighted by molar-refractivity contribution is -0.384. The summed E-state index contributed by atoms with van der Waals surface area (Å²) < 4.78 is 0. The summed E-state index contributed by atoms with van der Waals surface area (Å²) in [6.07, 6.45) is 0. The standard InChI is InChI=1S/C15H19N3O5/c1-10-7-17(8-11(10)15(20)21)14(19)9-16(2)12-5-3-4-6-13(12)18(22)23/h3-6,10-11H,7-9H2,1-2H3,(H,20,21)/t10-,11-/m1/s1. The van der Waals surface area contributed by atoms with Gasteiger partial charge in [0.15, 0.2) is 0 Å². The van der Waals surface area contributed by atoms with Crippen molar-refractivity contribution in [2.45, 2.75) is 6.92 Å². The first kappa shape index (κ1) is 16.7. The number of nitro groups is 1.